The Labute approximate surface area is 102 Å². The summed E-state index contributed by atoms with van der Waals surface area (Å²) in [6.07, 6.45) is 1.80. The van der Waals surface area contributed by atoms with Crippen molar-refractivity contribution in [2.24, 2.45) is 0 Å². The second kappa shape index (κ2) is 4.44. The lowest BCUT2D eigenvalue weighted by molar-refractivity contribution is 0.859. The maximum atomic E-state index is 6.03. The molecule has 2 aromatic rings. The van der Waals surface area contributed by atoms with Crippen LogP contribution in [-0.4, -0.2) is 9.78 Å². The van der Waals surface area contributed by atoms with Crippen LogP contribution in [0.4, 0.5) is 0 Å². The van der Waals surface area contributed by atoms with Gasteiger partial charge in [0.05, 0.1) is 22.3 Å². The fourth-order valence-electron chi connectivity index (χ4n) is 1.23. The van der Waals surface area contributed by atoms with E-state index >= 15 is 0 Å². The zero-order valence-corrected chi connectivity index (χ0v) is 9.89. The van der Waals surface area contributed by atoms with E-state index in [-0.39, 0.29) is 0 Å². The van der Waals surface area contributed by atoms with Gasteiger partial charge < -0.3 is 0 Å². The lowest BCUT2D eigenvalue weighted by atomic mass is 10.3. The first-order chi connectivity index (χ1) is 7.20. The van der Waals surface area contributed by atoms with Crippen molar-refractivity contribution >= 4 is 34.8 Å². The van der Waals surface area contributed by atoms with Crippen molar-refractivity contribution in [2.75, 3.05) is 0 Å². The maximum Gasteiger partial charge on any atom is 0.0846 e. The minimum absolute atomic E-state index is 0.380. The molecular formula is C10H7Cl3N2. The van der Waals surface area contributed by atoms with Crippen LogP contribution in [0, 0.1) is 0 Å². The van der Waals surface area contributed by atoms with Crippen LogP contribution in [0.15, 0.2) is 30.5 Å². The zero-order chi connectivity index (χ0) is 10.8. The summed E-state index contributed by atoms with van der Waals surface area (Å²) in [5.41, 5.74) is 1.55. The fraction of sp³-hybridized carbons (Fsp3) is 0.100. The molecule has 0 spiro atoms. The van der Waals surface area contributed by atoms with Gasteiger partial charge in [0.25, 0.3) is 0 Å². The molecule has 0 fully saturated rings. The van der Waals surface area contributed by atoms with E-state index in [0.29, 0.717) is 15.9 Å². The summed E-state index contributed by atoms with van der Waals surface area (Å²) in [7, 11) is 0. The molecule has 2 rings (SSSR count). The second-order valence-electron chi connectivity index (χ2n) is 2.98. The van der Waals surface area contributed by atoms with E-state index in [1.807, 2.05) is 6.07 Å². The molecule has 1 aromatic heterocycles. The average Bonchev–Trinajstić information content (AvgIpc) is 2.70. The van der Waals surface area contributed by atoms with Crippen molar-refractivity contribution in [1.29, 1.82) is 0 Å². The molecule has 78 valence electrons. The summed E-state index contributed by atoms with van der Waals surface area (Å²) in [6.45, 7) is 0. The lowest BCUT2D eigenvalue weighted by Crippen LogP contribution is -1.96. The van der Waals surface area contributed by atoms with Crippen LogP contribution in [0.25, 0.3) is 5.69 Å². The van der Waals surface area contributed by atoms with Gasteiger partial charge in [-0.15, -0.1) is 11.6 Å². The van der Waals surface area contributed by atoms with E-state index in [2.05, 4.69) is 5.10 Å². The number of aromatic nitrogens is 2. The van der Waals surface area contributed by atoms with Crippen LogP contribution in [0.2, 0.25) is 10.0 Å². The van der Waals surface area contributed by atoms with Crippen molar-refractivity contribution in [1.82, 2.24) is 9.78 Å². The number of hydrogen-bond donors (Lipinski definition) is 0. The molecule has 0 N–H and O–H groups in total. The van der Waals surface area contributed by atoms with E-state index in [1.54, 1.807) is 29.1 Å². The Kier molecular flexibility index (Phi) is 3.19. The molecule has 0 unspecified atom stereocenters. The van der Waals surface area contributed by atoms with Gasteiger partial charge in [0.2, 0.25) is 0 Å². The predicted octanol–water partition coefficient (Wildman–Crippen LogP) is 3.92. The van der Waals surface area contributed by atoms with Crippen LogP contribution >= 0.6 is 34.8 Å². The third kappa shape index (κ3) is 2.28. The summed E-state index contributed by atoms with van der Waals surface area (Å²) in [6, 6.07) is 7.07. The summed E-state index contributed by atoms with van der Waals surface area (Å²) >= 11 is 17.6. The van der Waals surface area contributed by atoms with E-state index in [0.717, 1.165) is 11.4 Å². The monoisotopic (exact) mass is 260 g/mol. The minimum Gasteiger partial charge on any atom is -0.239 e. The van der Waals surface area contributed by atoms with E-state index < -0.39 is 0 Å². The number of hydrogen-bond acceptors (Lipinski definition) is 1. The summed E-state index contributed by atoms with van der Waals surface area (Å²) in [5.74, 6) is 0.380. The molecule has 0 aliphatic carbocycles. The topological polar surface area (TPSA) is 17.8 Å². The first-order valence-corrected chi connectivity index (χ1v) is 5.55. The summed E-state index contributed by atoms with van der Waals surface area (Å²) in [4.78, 5) is 0. The number of nitrogens with zero attached hydrogens (tertiary/aromatic N) is 2. The van der Waals surface area contributed by atoms with Gasteiger partial charge in [-0.3, -0.25) is 0 Å². The quantitative estimate of drug-likeness (QED) is 0.749. The Morgan fingerprint density at radius 1 is 1.20 bits per heavy atom. The van der Waals surface area contributed by atoms with Crippen molar-refractivity contribution < 1.29 is 0 Å². The fourth-order valence-corrected chi connectivity index (χ4v) is 1.74. The molecular weight excluding hydrogens is 254 g/mol. The van der Waals surface area contributed by atoms with Crippen molar-refractivity contribution in [3.8, 4) is 5.69 Å². The van der Waals surface area contributed by atoms with Gasteiger partial charge in [0.1, 0.15) is 0 Å². The van der Waals surface area contributed by atoms with Crippen LogP contribution in [0.1, 0.15) is 5.69 Å². The SMILES string of the molecule is ClCc1ccn(-c2cc(Cl)ccc2Cl)n1. The molecule has 2 nitrogen and oxygen atoms in total. The minimum atomic E-state index is 0.380. The third-order valence-corrected chi connectivity index (χ3v) is 2.76. The number of halogens is 3. The summed E-state index contributed by atoms with van der Waals surface area (Å²) in [5, 5.41) is 5.47. The van der Waals surface area contributed by atoms with E-state index in [9.17, 15) is 0 Å². The van der Waals surface area contributed by atoms with E-state index in [1.165, 1.54) is 0 Å². The van der Waals surface area contributed by atoms with Gasteiger partial charge in [0, 0.05) is 11.2 Å². The first kappa shape index (κ1) is 10.8. The molecule has 0 radical (unpaired) electrons. The second-order valence-corrected chi connectivity index (χ2v) is 4.09. The smallest absolute Gasteiger partial charge is 0.0846 e. The van der Waals surface area contributed by atoms with Crippen LogP contribution in [0.3, 0.4) is 0 Å². The van der Waals surface area contributed by atoms with Crippen molar-refractivity contribution in [3.63, 3.8) is 0 Å². The largest absolute Gasteiger partial charge is 0.239 e. The molecule has 0 amide bonds. The Bertz CT molecular complexity index is 479. The molecule has 0 aliphatic rings. The number of benzene rings is 1. The van der Waals surface area contributed by atoms with Crippen LogP contribution in [0.5, 0.6) is 0 Å². The molecule has 1 heterocycles. The third-order valence-electron chi connectivity index (χ3n) is 1.94. The molecule has 1 aromatic carbocycles. The van der Waals surface area contributed by atoms with Gasteiger partial charge in [-0.05, 0) is 24.3 Å². The van der Waals surface area contributed by atoms with Gasteiger partial charge in [-0.2, -0.15) is 5.10 Å². The Morgan fingerprint density at radius 3 is 2.67 bits per heavy atom. The molecule has 0 saturated carbocycles. The Morgan fingerprint density at radius 2 is 2.00 bits per heavy atom. The molecule has 5 heteroatoms. The first-order valence-electron chi connectivity index (χ1n) is 4.26. The zero-order valence-electron chi connectivity index (χ0n) is 7.62. The standard InChI is InChI=1S/C10H7Cl3N2/c11-6-8-3-4-15(14-8)10-5-7(12)1-2-9(10)13/h1-5H,6H2. The highest BCUT2D eigenvalue weighted by Gasteiger charge is 2.05. The highest BCUT2D eigenvalue weighted by Crippen LogP contribution is 2.23. The Hall–Kier alpha value is -0.700. The number of alkyl halides is 1. The molecule has 15 heavy (non-hydrogen) atoms. The summed E-state index contributed by atoms with van der Waals surface area (Å²) < 4.78 is 1.66. The average molecular weight is 262 g/mol. The molecule has 0 saturated heterocycles. The normalized spacial score (nSPS) is 10.6. The van der Waals surface area contributed by atoms with Gasteiger partial charge in [0.15, 0.2) is 0 Å². The lowest BCUT2D eigenvalue weighted by Gasteiger charge is -2.04. The van der Waals surface area contributed by atoms with Gasteiger partial charge in [-0.1, -0.05) is 23.2 Å². The van der Waals surface area contributed by atoms with Crippen LogP contribution in [-0.2, 0) is 5.88 Å². The van der Waals surface area contributed by atoms with Crippen molar-refractivity contribution in [2.45, 2.75) is 5.88 Å². The highest BCUT2D eigenvalue weighted by atomic mass is 35.5. The van der Waals surface area contributed by atoms with Crippen LogP contribution < -0.4 is 0 Å². The van der Waals surface area contributed by atoms with Crippen molar-refractivity contribution in [3.05, 3.63) is 46.2 Å². The predicted molar refractivity (Wildman–Crippen MR) is 63.1 cm³/mol. The highest BCUT2D eigenvalue weighted by molar-refractivity contribution is 6.34. The van der Waals surface area contributed by atoms with Gasteiger partial charge >= 0.3 is 0 Å². The molecule has 0 atom stereocenters. The maximum absolute atomic E-state index is 6.03. The number of rotatable bonds is 2. The molecule has 0 aliphatic heterocycles. The Balaban J connectivity index is 2.48. The van der Waals surface area contributed by atoms with Gasteiger partial charge in [-0.25, -0.2) is 4.68 Å². The molecule has 0 bridgehead atoms. The van der Waals surface area contributed by atoms with E-state index in [4.69, 9.17) is 34.8 Å².